The average molecular weight is 337 g/mol. The van der Waals surface area contributed by atoms with Crippen molar-refractivity contribution in [2.75, 3.05) is 30.7 Å². The molecule has 0 spiro atoms. The van der Waals surface area contributed by atoms with E-state index in [2.05, 4.69) is 40.5 Å². The highest BCUT2D eigenvalue weighted by Crippen LogP contribution is 2.22. The minimum absolute atomic E-state index is 0.0504. The third kappa shape index (κ3) is 5.07. The molecule has 2 aromatic carbocycles. The molecule has 1 aliphatic heterocycles. The number of aryl methyl sites for hydroxylation is 1. The minimum Gasteiger partial charge on any atom is -0.399 e. The number of nitrogens with one attached hydrogen (secondary N) is 1. The lowest BCUT2D eigenvalue weighted by Gasteiger charge is -2.31. The van der Waals surface area contributed by atoms with Crippen molar-refractivity contribution in [1.29, 1.82) is 0 Å². The summed E-state index contributed by atoms with van der Waals surface area (Å²) < 4.78 is 0. The lowest BCUT2D eigenvalue weighted by Crippen LogP contribution is -2.39. The molecule has 4 nitrogen and oxygen atoms in total. The molecule has 25 heavy (non-hydrogen) atoms. The van der Waals surface area contributed by atoms with Crippen molar-refractivity contribution in [2.24, 2.45) is 5.92 Å². The van der Waals surface area contributed by atoms with E-state index in [-0.39, 0.29) is 5.91 Å². The molecule has 4 heteroatoms. The largest absolute Gasteiger partial charge is 0.399 e. The molecule has 1 amide bonds. The third-order valence-corrected chi connectivity index (χ3v) is 4.97. The monoisotopic (exact) mass is 337 g/mol. The van der Waals surface area contributed by atoms with Gasteiger partial charge < -0.3 is 11.1 Å². The Kier molecular flexibility index (Phi) is 5.71. The number of amides is 1. The van der Waals surface area contributed by atoms with Gasteiger partial charge in [0.15, 0.2) is 0 Å². The molecule has 0 aromatic heterocycles. The maximum atomic E-state index is 12.3. The van der Waals surface area contributed by atoms with E-state index in [1.165, 1.54) is 5.56 Å². The van der Waals surface area contributed by atoms with Gasteiger partial charge in [-0.1, -0.05) is 30.3 Å². The molecule has 1 fully saturated rings. The van der Waals surface area contributed by atoms with Crippen molar-refractivity contribution in [3.8, 4) is 0 Å². The third-order valence-electron chi connectivity index (χ3n) is 4.97. The van der Waals surface area contributed by atoms with Crippen LogP contribution < -0.4 is 11.1 Å². The zero-order valence-electron chi connectivity index (χ0n) is 14.9. The first-order chi connectivity index (χ1) is 12.1. The number of nitrogens with zero attached hydrogens (tertiary/aromatic N) is 1. The predicted molar refractivity (Wildman–Crippen MR) is 104 cm³/mol. The molecule has 0 radical (unpaired) electrons. The molecule has 3 rings (SSSR count). The van der Waals surface area contributed by atoms with Crippen LogP contribution in [0.5, 0.6) is 0 Å². The van der Waals surface area contributed by atoms with E-state index in [0.29, 0.717) is 6.54 Å². The van der Waals surface area contributed by atoms with Gasteiger partial charge in [0.05, 0.1) is 6.54 Å². The molecule has 0 unspecified atom stereocenters. The quantitative estimate of drug-likeness (QED) is 0.821. The van der Waals surface area contributed by atoms with Crippen LogP contribution in [0.4, 0.5) is 11.4 Å². The second-order valence-corrected chi connectivity index (χ2v) is 7.03. The summed E-state index contributed by atoms with van der Waals surface area (Å²) in [6.45, 7) is 4.40. The Morgan fingerprint density at radius 1 is 1.16 bits per heavy atom. The van der Waals surface area contributed by atoms with Crippen LogP contribution in [0.3, 0.4) is 0 Å². The number of hydrogen-bond donors (Lipinski definition) is 2. The summed E-state index contributed by atoms with van der Waals surface area (Å²) in [6, 6.07) is 16.2. The molecule has 0 aliphatic carbocycles. The maximum absolute atomic E-state index is 12.3. The topological polar surface area (TPSA) is 58.4 Å². The Hall–Kier alpha value is -2.33. The second kappa shape index (κ2) is 8.17. The first kappa shape index (κ1) is 17.5. The molecule has 1 saturated heterocycles. The van der Waals surface area contributed by atoms with E-state index in [1.807, 2.05) is 25.1 Å². The number of nitrogens with two attached hydrogens (primary N) is 1. The summed E-state index contributed by atoms with van der Waals surface area (Å²) >= 11 is 0. The normalized spacial score (nSPS) is 15.9. The zero-order valence-corrected chi connectivity index (χ0v) is 14.9. The molecule has 132 valence electrons. The maximum Gasteiger partial charge on any atom is 0.238 e. The summed E-state index contributed by atoms with van der Waals surface area (Å²) in [7, 11) is 0. The van der Waals surface area contributed by atoms with Crippen molar-refractivity contribution in [2.45, 2.75) is 26.2 Å². The fourth-order valence-electron chi connectivity index (χ4n) is 3.52. The van der Waals surface area contributed by atoms with Gasteiger partial charge in [-0.05, 0) is 74.5 Å². The van der Waals surface area contributed by atoms with Crippen LogP contribution in [0.25, 0.3) is 0 Å². The number of benzene rings is 2. The number of hydrogen-bond acceptors (Lipinski definition) is 3. The lowest BCUT2D eigenvalue weighted by molar-refractivity contribution is -0.117. The molecule has 0 bridgehead atoms. The number of piperidine rings is 1. The van der Waals surface area contributed by atoms with Gasteiger partial charge in [0.25, 0.3) is 0 Å². The van der Waals surface area contributed by atoms with Crippen molar-refractivity contribution in [1.82, 2.24) is 4.90 Å². The average Bonchev–Trinajstić information content (AvgIpc) is 2.60. The fourth-order valence-corrected chi connectivity index (χ4v) is 3.52. The Morgan fingerprint density at radius 3 is 2.56 bits per heavy atom. The van der Waals surface area contributed by atoms with Crippen LogP contribution in [0, 0.1) is 12.8 Å². The lowest BCUT2D eigenvalue weighted by atomic mass is 9.90. The van der Waals surface area contributed by atoms with Gasteiger partial charge in [0.1, 0.15) is 0 Å². The van der Waals surface area contributed by atoms with Gasteiger partial charge in [-0.15, -0.1) is 0 Å². The first-order valence-corrected chi connectivity index (χ1v) is 9.02. The van der Waals surface area contributed by atoms with Crippen molar-refractivity contribution in [3.63, 3.8) is 0 Å². The smallest absolute Gasteiger partial charge is 0.238 e. The van der Waals surface area contributed by atoms with E-state index in [1.54, 1.807) is 0 Å². The Labute approximate surface area is 150 Å². The molecular formula is C21H27N3O. The Bertz CT molecular complexity index is 706. The van der Waals surface area contributed by atoms with E-state index in [9.17, 15) is 4.79 Å². The molecular weight excluding hydrogens is 310 g/mol. The molecule has 2 aromatic rings. The molecule has 1 aliphatic rings. The van der Waals surface area contributed by atoms with Gasteiger partial charge in [-0.25, -0.2) is 0 Å². The van der Waals surface area contributed by atoms with Gasteiger partial charge in [-0.3, -0.25) is 9.69 Å². The van der Waals surface area contributed by atoms with Crippen LogP contribution >= 0.6 is 0 Å². The number of rotatable bonds is 5. The van der Waals surface area contributed by atoms with Gasteiger partial charge in [0.2, 0.25) is 5.91 Å². The Morgan fingerprint density at radius 2 is 1.88 bits per heavy atom. The van der Waals surface area contributed by atoms with Crippen LogP contribution in [0.15, 0.2) is 48.5 Å². The number of likely N-dealkylation sites (tertiary alicyclic amines) is 1. The van der Waals surface area contributed by atoms with Crippen molar-refractivity contribution < 1.29 is 4.79 Å². The van der Waals surface area contributed by atoms with E-state index in [0.717, 1.165) is 55.2 Å². The molecule has 1 heterocycles. The van der Waals surface area contributed by atoms with Gasteiger partial charge in [-0.2, -0.15) is 0 Å². The minimum atomic E-state index is 0.0504. The number of nitrogen functional groups attached to an aromatic ring is 1. The molecule has 0 saturated carbocycles. The summed E-state index contributed by atoms with van der Waals surface area (Å²) in [4.78, 5) is 14.6. The summed E-state index contributed by atoms with van der Waals surface area (Å²) in [5.41, 5.74) is 9.73. The molecule has 0 atom stereocenters. The van der Waals surface area contributed by atoms with E-state index < -0.39 is 0 Å². The van der Waals surface area contributed by atoms with Crippen molar-refractivity contribution in [3.05, 3.63) is 59.7 Å². The van der Waals surface area contributed by atoms with Crippen LogP contribution in [0.2, 0.25) is 0 Å². The van der Waals surface area contributed by atoms with Crippen LogP contribution in [-0.4, -0.2) is 30.4 Å². The van der Waals surface area contributed by atoms with E-state index >= 15 is 0 Å². The number of anilines is 2. The number of carbonyl (C=O) groups is 1. The SMILES string of the molecule is Cc1cc(N)ccc1NC(=O)CN1CCC(Cc2ccccc2)CC1. The predicted octanol–water partition coefficient (Wildman–Crippen LogP) is 3.47. The van der Waals surface area contributed by atoms with Crippen molar-refractivity contribution >= 4 is 17.3 Å². The standard InChI is InChI=1S/C21H27N3O/c1-16-13-19(22)7-8-20(16)23-21(25)15-24-11-9-18(10-12-24)14-17-5-3-2-4-6-17/h2-8,13,18H,9-12,14-15,22H2,1H3,(H,23,25). The zero-order chi connectivity index (χ0) is 17.6. The highest BCUT2D eigenvalue weighted by Gasteiger charge is 2.21. The molecule has 3 N–H and O–H groups in total. The highest BCUT2D eigenvalue weighted by molar-refractivity contribution is 5.93. The summed E-state index contributed by atoms with van der Waals surface area (Å²) in [5, 5.41) is 3.00. The summed E-state index contributed by atoms with van der Waals surface area (Å²) in [5.74, 6) is 0.774. The van der Waals surface area contributed by atoms with Crippen LogP contribution in [-0.2, 0) is 11.2 Å². The summed E-state index contributed by atoms with van der Waals surface area (Å²) in [6.07, 6.45) is 3.46. The van der Waals surface area contributed by atoms with Crippen LogP contribution in [0.1, 0.15) is 24.0 Å². The highest BCUT2D eigenvalue weighted by atomic mass is 16.2. The first-order valence-electron chi connectivity index (χ1n) is 9.02. The van der Waals surface area contributed by atoms with Gasteiger partial charge >= 0.3 is 0 Å². The second-order valence-electron chi connectivity index (χ2n) is 7.03. The fraction of sp³-hybridized carbons (Fsp3) is 0.381. The van der Waals surface area contributed by atoms with Gasteiger partial charge in [0, 0.05) is 11.4 Å². The van der Waals surface area contributed by atoms with E-state index in [4.69, 9.17) is 5.73 Å². The number of carbonyl (C=O) groups excluding carboxylic acids is 1. The Balaban J connectivity index is 1.44.